The first-order valence-corrected chi connectivity index (χ1v) is 9.70. The smallest absolute Gasteiger partial charge is 0.339 e. The molecule has 6 nitrogen and oxygen atoms in total. The van der Waals surface area contributed by atoms with Crippen LogP contribution in [0.25, 0.3) is 11.1 Å². The second kappa shape index (κ2) is 7.59. The number of carboxylic acid groups (broad SMARTS) is 1. The molecule has 0 fully saturated rings. The number of nitrogens with zero attached hydrogens (tertiary/aromatic N) is 1. The van der Waals surface area contributed by atoms with Gasteiger partial charge in [-0.05, 0) is 23.8 Å². The molecule has 0 atom stereocenters. The van der Waals surface area contributed by atoms with Gasteiger partial charge in [0.15, 0.2) is 9.84 Å². The molecule has 1 N–H and O–H groups in total. The number of hydrogen-bond donors (Lipinski definition) is 1. The highest BCUT2D eigenvalue weighted by atomic mass is 32.2. The van der Waals surface area contributed by atoms with Crippen LogP contribution in [0.15, 0.2) is 71.9 Å². The topological polar surface area (TPSA) is 93.6 Å². The molecule has 0 aliphatic heterocycles. The maximum absolute atomic E-state index is 12.7. The highest BCUT2D eigenvalue weighted by Gasteiger charge is 2.25. The van der Waals surface area contributed by atoms with Gasteiger partial charge in [-0.3, -0.25) is 4.98 Å². The average molecular weight is 383 g/mol. The maximum atomic E-state index is 12.7. The third-order valence-electron chi connectivity index (χ3n) is 4.08. The molecule has 0 bridgehead atoms. The molecule has 0 saturated heterocycles. The van der Waals surface area contributed by atoms with Crippen LogP contribution >= 0.6 is 0 Å². The van der Waals surface area contributed by atoms with Crippen LogP contribution in [0, 0.1) is 0 Å². The summed E-state index contributed by atoms with van der Waals surface area (Å²) < 4.78 is 30.7. The Bertz CT molecular complexity index is 1060. The Kier molecular flexibility index (Phi) is 5.23. The van der Waals surface area contributed by atoms with Gasteiger partial charge in [-0.25, -0.2) is 13.2 Å². The van der Waals surface area contributed by atoms with E-state index >= 15 is 0 Å². The highest BCUT2D eigenvalue weighted by Crippen LogP contribution is 2.36. The number of pyridine rings is 1. The van der Waals surface area contributed by atoms with Crippen LogP contribution in [0.4, 0.5) is 0 Å². The monoisotopic (exact) mass is 383 g/mol. The lowest BCUT2D eigenvalue weighted by molar-refractivity contribution is 0.0692. The summed E-state index contributed by atoms with van der Waals surface area (Å²) in [5, 5.41) is 9.73. The molecule has 3 rings (SSSR count). The fourth-order valence-electron chi connectivity index (χ4n) is 2.86. The third-order valence-corrected chi connectivity index (χ3v) is 5.76. The number of aromatic carboxylic acids is 1. The lowest BCUT2D eigenvalue weighted by atomic mass is 9.99. The molecule has 0 aliphatic rings. The van der Waals surface area contributed by atoms with Crippen LogP contribution in [-0.4, -0.2) is 31.6 Å². The Balaban J connectivity index is 2.13. The van der Waals surface area contributed by atoms with Crippen molar-refractivity contribution in [2.45, 2.75) is 10.6 Å². The van der Waals surface area contributed by atoms with E-state index in [0.29, 0.717) is 11.1 Å². The standard InChI is InChI=1S/C20H17NO5S/c1-26-19-17(14-6-5-11-21-12-14)10-9-15(18(19)20(22)23)13-27(24,25)16-7-3-2-4-8-16/h2-12H,13H2,1H3,(H,22,23). The van der Waals surface area contributed by atoms with Gasteiger partial charge in [0.2, 0.25) is 0 Å². The van der Waals surface area contributed by atoms with Gasteiger partial charge in [0.05, 0.1) is 17.8 Å². The van der Waals surface area contributed by atoms with Gasteiger partial charge in [-0.1, -0.05) is 36.4 Å². The predicted molar refractivity (Wildman–Crippen MR) is 101 cm³/mol. The summed E-state index contributed by atoms with van der Waals surface area (Å²) in [6.45, 7) is 0. The van der Waals surface area contributed by atoms with Crippen molar-refractivity contribution in [2.75, 3.05) is 7.11 Å². The molecule has 0 aliphatic carbocycles. The van der Waals surface area contributed by atoms with Crippen LogP contribution in [0.2, 0.25) is 0 Å². The van der Waals surface area contributed by atoms with Crippen LogP contribution < -0.4 is 4.74 Å². The van der Waals surface area contributed by atoms with Crippen molar-refractivity contribution in [1.29, 1.82) is 0 Å². The molecule has 138 valence electrons. The van der Waals surface area contributed by atoms with E-state index in [1.807, 2.05) is 0 Å². The van der Waals surface area contributed by atoms with Gasteiger partial charge >= 0.3 is 5.97 Å². The number of aromatic nitrogens is 1. The second-order valence-corrected chi connectivity index (χ2v) is 7.79. The van der Waals surface area contributed by atoms with Crippen molar-refractivity contribution < 1.29 is 23.1 Å². The van der Waals surface area contributed by atoms with Crippen molar-refractivity contribution in [3.8, 4) is 16.9 Å². The zero-order valence-corrected chi connectivity index (χ0v) is 15.3. The normalized spacial score (nSPS) is 11.1. The van der Waals surface area contributed by atoms with Gasteiger partial charge < -0.3 is 9.84 Å². The van der Waals surface area contributed by atoms with Gasteiger partial charge in [0.25, 0.3) is 0 Å². The number of carboxylic acids is 1. The number of benzene rings is 2. The lowest BCUT2D eigenvalue weighted by Gasteiger charge is -2.15. The van der Waals surface area contributed by atoms with E-state index in [0.717, 1.165) is 0 Å². The Morgan fingerprint density at radius 3 is 2.41 bits per heavy atom. The molecule has 0 unspecified atom stereocenters. The minimum Gasteiger partial charge on any atom is -0.495 e. The summed E-state index contributed by atoms with van der Waals surface area (Å²) in [7, 11) is -2.34. The summed E-state index contributed by atoms with van der Waals surface area (Å²) in [5.74, 6) is -1.59. The second-order valence-electron chi connectivity index (χ2n) is 5.80. The van der Waals surface area contributed by atoms with Crippen LogP contribution in [0.1, 0.15) is 15.9 Å². The van der Waals surface area contributed by atoms with Crippen molar-refractivity contribution in [2.24, 2.45) is 0 Å². The molecule has 7 heteroatoms. The maximum Gasteiger partial charge on any atom is 0.339 e. The molecular weight excluding hydrogens is 366 g/mol. The quantitative estimate of drug-likeness (QED) is 0.701. The van der Waals surface area contributed by atoms with Gasteiger partial charge in [0.1, 0.15) is 11.3 Å². The predicted octanol–water partition coefficient (Wildman–Crippen LogP) is 3.43. The average Bonchev–Trinajstić information content (AvgIpc) is 2.68. The molecule has 3 aromatic rings. The first-order chi connectivity index (χ1) is 12.9. The Hall–Kier alpha value is -3.19. The first kappa shape index (κ1) is 18.6. The molecule has 0 saturated carbocycles. The molecular formula is C20H17NO5S. The van der Waals surface area contributed by atoms with Gasteiger partial charge in [-0.15, -0.1) is 0 Å². The zero-order valence-electron chi connectivity index (χ0n) is 14.5. The minimum absolute atomic E-state index is 0.108. The number of ether oxygens (including phenoxy) is 1. The summed E-state index contributed by atoms with van der Waals surface area (Å²) in [4.78, 5) is 16.1. The molecule has 0 radical (unpaired) electrons. The molecule has 1 heterocycles. The van der Waals surface area contributed by atoms with Gasteiger partial charge in [0, 0.05) is 23.5 Å². The fourth-order valence-corrected chi connectivity index (χ4v) is 4.24. The van der Waals surface area contributed by atoms with Crippen molar-refractivity contribution in [1.82, 2.24) is 4.98 Å². The molecule has 27 heavy (non-hydrogen) atoms. The number of carbonyl (C=O) groups is 1. The van der Waals surface area contributed by atoms with Crippen molar-refractivity contribution >= 4 is 15.8 Å². The van der Waals surface area contributed by atoms with Crippen LogP contribution in [0.3, 0.4) is 0 Å². The molecule has 1 aromatic heterocycles. The van der Waals surface area contributed by atoms with E-state index < -0.39 is 21.6 Å². The van der Waals surface area contributed by atoms with E-state index in [1.165, 1.54) is 25.3 Å². The number of rotatable bonds is 6. The number of sulfone groups is 1. The highest BCUT2D eigenvalue weighted by molar-refractivity contribution is 7.90. The van der Waals surface area contributed by atoms with Crippen molar-refractivity contribution in [3.05, 3.63) is 78.1 Å². The Labute approximate surface area is 157 Å². The molecule has 0 spiro atoms. The summed E-state index contributed by atoms with van der Waals surface area (Å²) in [5.41, 5.74) is 1.20. The largest absolute Gasteiger partial charge is 0.495 e. The lowest BCUT2D eigenvalue weighted by Crippen LogP contribution is -2.12. The van der Waals surface area contributed by atoms with E-state index in [-0.39, 0.29) is 21.8 Å². The Morgan fingerprint density at radius 2 is 1.81 bits per heavy atom. The molecule has 0 amide bonds. The third kappa shape index (κ3) is 3.83. The van der Waals surface area contributed by atoms with E-state index in [4.69, 9.17) is 4.74 Å². The number of hydrogen-bond acceptors (Lipinski definition) is 5. The zero-order chi connectivity index (χ0) is 19.4. The number of methoxy groups -OCH3 is 1. The molecule has 2 aromatic carbocycles. The van der Waals surface area contributed by atoms with E-state index in [1.54, 1.807) is 48.8 Å². The summed E-state index contributed by atoms with van der Waals surface area (Å²) in [6.07, 6.45) is 3.19. The first-order valence-electron chi connectivity index (χ1n) is 8.05. The minimum atomic E-state index is -3.70. The van der Waals surface area contributed by atoms with Crippen molar-refractivity contribution in [3.63, 3.8) is 0 Å². The Morgan fingerprint density at radius 1 is 1.07 bits per heavy atom. The fraction of sp³-hybridized carbons (Fsp3) is 0.100. The SMILES string of the molecule is COc1c(-c2cccnc2)ccc(CS(=O)(=O)c2ccccc2)c1C(=O)O. The van der Waals surface area contributed by atoms with E-state index in [2.05, 4.69) is 4.98 Å². The summed E-state index contributed by atoms with van der Waals surface area (Å²) in [6, 6.07) is 14.6. The van der Waals surface area contributed by atoms with Crippen LogP contribution in [0.5, 0.6) is 5.75 Å². The van der Waals surface area contributed by atoms with E-state index in [9.17, 15) is 18.3 Å². The van der Waals surface area contributed by atoms with Crippen LogP contribution in [-0.2, 0) is 15.6 Å². The van der Waals surface area contributed by atoms with Gasteiger partial charge in [-0.2, -0.15) is 0 Å². The summed E-state index contributed by atoms with van der Waals surface area (Å²) >= 11 is 0.